The molecule has 1 fully saturated rings. The molecule has 2 aliphatic rings. The fourth-order valence-electron chi connectivity index (χ4n) is 6.11. The molecule has 0 radical (unpaired) electrons. The maximum atomic E-state index is 5.89. The van der Waals surface area contributed by atoms with Gasteiger partial charge >= 0.3 is 0 Å². The van der Waals surface area contributed by atoms with Crippen molar-refractivity contribution in [2.75, 3.05) is 13.7 Å². The molecule has 1 unspecified atom stereocenters. The lowest BCUT2D eigenvalue weighted by Gasteiger charge is -2.41. The maximum absolute atomic E-state index is 5.89. The Kier molecular flexibility index (Phi) is 6.16. The van der Waals surface area contributed by atoms with Crippen LogP contribution in [0.1, 0.15) is 59.6 Å². The molecule has 1 N–H and O–H groups in total. The average Bonchev–Trinajstić information content (AvgIpc) is 3.54. The van der Waals surface area contributed by atoms with Crippen LogP contribution < -0.4 is 10.1 Å². The molecule has 0 aliphatic carbocycles. The Bertz CT molecular complexity index is 1500. The van der Waals surface area contributed by atoms with Gasteiger partial charge in [-0.2, -0.15) is 5.10 Å². The zero-order valence-corrected chi connectivity index (χ0v) is 23.0. The number of rotatable bonds is 5. The Morgan fingerprint density at radius 3 is 2.68 bits per heavy atom. The number of methoxy groups -OCH3 is 1. The summed E-state index contributed by atoms with van der Waals surface area (Å²) in [6.07, 6.45) is 12.7. The third-order valence-electron chi connectivity index (χ3n) is 7.53. The van der Waals surface area contributed by atoms with Gasteiger partial charge in [0, 0.05) is 53.3 Å². The van der Waals surface area contributed by atoms with Crippen molar-refractivity contribution in [2.45, 2.75) is 70.7 Å². The van der Waals surface area contributed by atoms with E-state index >= 15 is 0 Å². The van der Waals surface area contributed by atoms with Gasteiger partial charge in [0.15, 0.2) is 0 Å². The molecule has 4 aromatic rings. The third-order valence-corrected chi connectivity index (χ3v) is 7.53. The number of ether oxygens (including phenoxy) is 2. The molecule has 0 spiro atoms. The van der Waals surface area contributed by atoms with E-state index in [-0.39, 0.29) is 17.3 Å². The molecule has 38 heavy (non-hydrogen) atoms. The second-order valence-corrected chi connectivity index (χ2v) is 11.8. The lowest BCUT2D eigenvalue weighted by Crippen LogP contribution is -2.54. The molecule has 1 aromatic carbocycles. The van der Waals surface area contributed by atoms with Gasteiger partial charge < -0.3 is 19.4 Å². The number of hydrogen-bond acceptors (Lipinski definition) is 5. The van der Waals surface area contributed by atoms with Crippen molar-refractivity contribution < 1.29 is 9.47 Å². The zero-order chi connectivity index (χ0) is 26.5. The van der Waals surface area contributed by atoms with Crippen LogP contribution in [-0.2, 0) is 4.74 Å². The summed E-state index contributed by atoms with van der Waals surface area (Å²) in [6.45, 7) is 9.76. The van der Waals surface area contributed by atoms with Crippen LogP contribution in [0.25, 0.3) is 39.1 Å². The van der Waals surface area contributed by atoms with Gasteiger partial charge in [-0.1, -0.05) is 6.07 Å². The minimum atomic E-state index is -0.0733. The van der Waals surface area contributed by atoms with E-state index in [4.69, 9.17) is 14.5 Å². The van der Waals surface area contributed by atoms with Crippen LogP contribution in [-0.4, -0.2) is 44.1 Å². The topological polar surface area (TPSA) is 66.1 Å². The highest BCUT2D eigenvalue weighted by Gasteiger charge is 2.33. The molecule has 198 valence electrons. The van der Waals surface area contributed by atoms with Gasteiger partial charge in [0.2, 0.25) is 0 Å². The summed E-state index contributed by atoms with van der Waals surface area (Å²) >= 11 is 0. The molecule has 7 heteroatoms. The fourth-order valence-corrected chi connectivity index (χ4v) is 6.11. The first-order valence-corrected chi connectivity index (χ1v) is 13.6. The predicted molar refractivity (Wildman–Crippen MR) is 152 cm³/mol. The van der Waals surface area contributed by atoms with Gasteiger partial charge in [-0.05, 0) is 88.9 Å². The minimum Gasteiger partial charge on any atom is -0.496 e. The number of pyridine rings is 1. The van der Waals surface area contributed by atoms with Crippen LogP contribution in [0, 0.1) is 0 Å². The normalized spacial score (nSPS) is 20.9. The van der Waals surface area contributed by atoms with Crippen molar-refractivity contribution in [3.63, 3.8) is 0 Å². The highest BCUT2D eigenvalue weighted by Crippen LogP contribution is 2.36. The first-order chi connectivity index (χ1) is 18.2. The molecule has 3 aromatic heterocycles. The summed E-state index contributed by atoms with van der Waals surface area (Å²) in [4.78, 5) is 5.03. The van der Waals surface area contributed by atoms with E-state index in [9.17, 15) is 0 Å². The molecule has 7 nitrogen and oxygen atoms in total. The molecule has 1 saturated heterocycles. The fraction of sp³-hybridized carbons (Fsp3) is 0.419. The van der Waals surface area contributed by atoms with Gasteiger partial charge in [-0.15, -0.1) is 0 Å². The van der Waals surface area contributed by atoms with Crippen LogP contribution in [0.3, 0.4) is 0 Å². The minimum absolute atomic E-state index is 0.0204. The van der Waals surface area contributed by atoms with Crippen LogP contribution >= 0.6 is 0 Å². The Morgan fingerprint density at radius 2 is 1.92 bits per heavy atom. The molecule has 6 rings (SSSR count). The number of aromatic nitrogens is 4. The van der Waals surface area contributed by atoms with Gasteiger partial charge in [0.05, 0.1) is 30.0 Å². The van der Waals surface area contributed by atoms with Crippen LogP contribution in [0.2, 0.25) is 0 Å². The van der Waals surface area contributed by atoms with Crippen molar-refractivity contribution in [1.29, 1.82) is 0 Å². The molecule has 0 amide bonds. The van der Waals surface area contributed by atoms with Crippen molar-refractivity contribution in [1.82, 2.24) is 24.6 Å². The monoisotopic (exact) mass is 511 g/mol. The molecular weight excluding hydrogens is 474 g/mol. The van der Waals surface area contributed by atoms with E-state index in [2.05, 4.69) is 97.5 Å². The number of hydrogen-bond donors (Lipinski definition) is 1. The first-order valence-electron chi connectivity index (χ1n) is 13.6. The lowest BCUT2D eigenvalue weighted by atomic mass is 9.86. The summed E-state index contributed by atoms with van der Waals surface area (Å²) in [5, 5.41) is 8.29. The largest absolute Gasteiger partial charge is 0.496 e. The SMILES string of the molecule is COc1cc(-c2cnn(C3CCCCO3)c2)ccc1-c1ccc2c(ccn2C2=CC(C)(C)NC(C)(C)C2)n1. The zero-order valence-electron chi connectivity index (χ0n) is 23.0. The lowest BCUT2D eigenvalue weighted by molar-refractivity contribution is -0.0394. The molecule has 1 atom stereocenters. The molecule has 0 bridgehead atoms. The Hall–Kier alpha value is -3.42. The van der Waals surface area contributed by atoms with E-state index in [0.717, 1.165) is 65.0 Å². The van der Waals surface area contributed by atoms with Gasteiger partial charge in [0.25, 0.3) is 0 Å². The van der Waals surface area contributed by atoms with Crippen LogP contribution in [0.5, 0.6) is 5.75 Å². The maximum Gasteiger partial charge on any atom is 0.150 e. The van der Waals surface area contributed by atoms with E-state index in [1.807, 2.05) is 10.9 Å². The van der Waals surface area contributed by atoms with Crippen molar-refractivity contribution >= 4 is 16.7 Å². The van der Waals surface area contributed by atoms with E-state index in [1.54, 1.807) is 7.11 Å². The second-order valence-electron chi connectivity index (χ2n) is 11.8. The van der Waals surface area contributed by atoms with E-state index < -0.39 is 0 Å². The molecule has 0 saturated carbocycles. The highest BCUT2D eigenvalue weighted by molar-refractivity contribution is 5.84. The smallest absolute Gasteiger partial charge is 0.150 e. The van der Waals surface area contributed by atoms with Crippen molar-refractivity contribution in [2.24, 2.45) is 0 Å². The standard InChI is InChI=1S/C31H37N5O2/c1-30(2)17-23(18-31(3,4)34-30)35-14-13-26-27(35)12-11-25(33-26)24-10-9-21(16-28(24)37-5)22-19-32-36(20-22)29-8-6-7-15-38-29/h9-14,16-17,19-20,29,34H,6-8,15,18H2,1-5H3. The third kappa shape index (κ3) is 4.76. The Labute approximate surface area is 224 Å². The van der Waals surface area contributed by atoms with Gasteiger partial charge in [-0.3, -0.25) is 0 Å². The summed E-state index contributed by atoms with van der Waals surface area (Å²) in [6, 6.07) is 12.6. The summed E-state index contributed by atoms with van der Waals surface area (Å²) < 4.78 is 15.9. The Balaban J connectivity index is 1.30. The first kappa shape index (κ1) is 24.9. The van der Waals surface area contributed by atoms with Crippen molar-refractivity contribution in [3.05, 3.63) is 61.1 Å². The predicted octanol–water partition coefficient (Wildman–Crippen LogP) is 6.67. The summed E-state index contributed by atoms with van der Waals surface area (Å²) in [5.41, 5.74) is 7.29. The number of nitrogens with one attached hydrogen (secondary N) is 1. The second kappa shape index (κ2) is 9.40. The number of benzene rings is 1. The molecule has 2 aliphatic heterocycles. The van der Waals surface area contributed by atoms with E-state index in [0.29, 0.717) is 0 Å². The van der Waals surface area contributed by atoms with Gasteiger partial charge in [0.1, 0.15) is 12.0 Å². The summed E-state index contributed by atoms with van der Waals surface area (Å²) in [7, 11) is 1.71. The van der Waals surface area contributed by atoms with Crippen LogP contribution in [0.15, 0.2) is 61.1 Å². The van der Waals surface area contributed by atoms with Crippen molar-refractivity contribution in [3.8, 4) is 28.1 Å². The number of nitrogens with zero attached hydrogens (tertiary/aromatic N) is 4. The molecule has 5 heterocycles. The quantitative estimate of drug-likeness (QED) is 0.324. The number of fused-ring (bicyclic) bond motifs is 1. The summed E-state index contributed by atoms with van der Waals surface area (Å²) in [5.74, 6) is 0.792. The Morgan fingerprint density at radius 1 is 1.05 bits per heavy atom. The highest BCUT2D eigenvalue weighted by atomic mass is 16.5. The van der Waals surface area contributed by atoms with E-state index in [1.165, 1.54) is 12.1 Å². The molecular formula is C31H37N5O2. The van der Waals surface area contributed by atoms with Crippen LogP contribution in [0.4, 0.5) is 0 Å². The average molecular weight is 512 g/mol. The van der Waals surface area contributed by atoms with Gasteiger partial charge in [-0.25, -0.2) is 9.67 Å².